The summed E-state index contributed by atoms with van der Waals surface area (Å²) in [5, 5.41) is 13.3. The number of para-hydroxylation sites is 1. The maximum absolute atomic E-state index is 13.0. The summed E-state index contributed by atoms with van der Waals surface area (Å²) in [7, 11) is 1.43. The topological polar surface area (TPSA) is 99.1 Å². The average molecular weight is 535 g/mol. The van der Waals surface area contributed by atoms with Crippen LogP contribution in [0.4, 0.5) is 0 Å². The third kappa shape index (κ3) is 7.94. The Morgan fingerprint density at radius 1 is 1.10 bits per heavy atom. The predicted molar refractivity (Wildman–Crippen MR) is 148 cm³/mol. The summed E-state index contributed by atoms with van der Waals surface area (Å²) in [6, 6.07) is 19.7. The van der Waals surface area contributed by atoms with Gasteiger partial charge in [-0.15, -0.1) is 0 Å². The highest BCUT2D eigenvalue weighted by atomic mass is 16.7. The number of benzene rings is 2. The average Bonchev–Trinajstić information content (AvgIpc) is 2.97. The van der Waals surface area contributed by atoms with E-state index in [1.54, 1.807) is 0 Å². The molecule has 0 aliphatic carbocycles. The number of ether oxygens (including phenoxy) is 4. The Morgan fingerprint density at radius 2 is 1.87 bits per heavy atom. The maximum Gasteiger partial charge on any atom is 0.274 e. The quantitative estimate of drug-likeness (QED) is 0.437. The summed E-state index contributed by atoms with van der Waals surface area (Å²) in [5.41, 5.74) is 2.39. The minimum atomic E-state index is -0.481. The Hall–Kier alpha value is -3.62. The SMILES string of the molecule is COc1ccnc(C(=O)N[C@H]2CCC[C@H](Cc3ccc(C)cc3)[C@@H](Oc3ccccc3)[C@H](C)OCOC2)c1O. The first-order chi connectivity index (χ1) is 18.9. The zero-order chi connectivity index (χ0) is 27.6. The Bertz CT molecular complexity index is 1190. The van der Waals surface area contributed by atoms with Crippen LogP contribution in [0.15, 0.2) is 66.9 Å². The molecule has 1 aromatic heterocycles. The van der Waals surface area contributed by atoms with Crippen molar-refractivity contribution in [2.24, 2.45) is 5.92 Å². The van der Waals surface area contributed by atoms with E-state index in [9.17, 15) is 9.90 Å². The number of methoxy groups -OCH3 is 1. The van der Waals surface area contributed by atoms with Gasteiger partial charge in [0.25, 0.3) is 5.91 Å². The molecule has 4 atom stereocenters. The number of aromatic hydroxyl groups is 1. The number of aromatic nitrogens is 1. The van der Waals surface area contributed by atoms with E-state index in [0.717, 1.165) is 25.0 Å². The molecule has 1 amide bonds. The molecule has 2 aromatic carbocycles. The summed E-state index contributed by atoms with van der Waals surface area (Å²) < 4.78 is 23.6. The third-order valence-corrected chi connectivity index (χ3v) is 7.08. The van der Waals surface area contributed by atoms with Crippen molar-refractivity contribution in [3.05, 3.63) is 83.7 Å². The molecule has 0 saturated carbocycles. The minimum absolute atomic E-state index is 0.0715. The summed E-state index contributed by atoms with van der Waals surface area (Å²) in [6.45, 7) is 4.45. The molecule has 1 saturated heterocycles. The number of nitrogens with one attached hydrogen (secondary N) is 1. The van der Waals surface area contributed by atoms with Crippen molar-refractivity contribution in [3.63, 3.8) is 0 Å². The summed E-state index contributed by atoms with van der Waals surface area (Å²) >= 11 is 0. The number of amides is 1. The highest BCUT2D eigenvalue weighted by Crippen LogP contribution is 2.29. The van der Waals surface area contributed by atoms with Gasteiger partial charge in [0, 0.05) is 18.2 Å². The van der Waals surface area contributed by atoms with Gasteiger partial charge in [0.15, 0.2) is 17.2 Å². The number of pyridine rings is 1. The molecule has 1 fully saturated rings. The van der Waals surface area contributed by atoms with Crippen LogP contribution >= 0.6 is 0 Å². The maximum atomic E-state index is 13.0. The Morgan fingerprint density at radius 3 is 2.62 bits per heavy atom. The normalized spacial score (nSPS) is 22.3. The molecule has 8 nitrogen and oxygen atoms in total. The molecule has 0 bridgehead atoms. The number of carbonyl (C=O) groups is 1. The summed E-state index contributed by atoms with van der Waals surface area (Å²) in [5.74, 6) is 0.399. The molecule has 39 heavy (non-hydrogen) atoms. The standard InChI is InChI=1S/C31H38N2O6/c1-21-12-14-23(15-13-21)18-24-8-7-9-25(33-31(35)28-29(34)27(36-3)16-17-32-28)19-37-20-38-22(2)30(24)39-26-10-5-4-6-11-26/h4-6,10-17,22,24-25,30,34H,7-9,18-20H2,1-3H3,(H,33,35)/t22-,24+,25-,30-/m0/s1. The summed E-state index contributed by atoms with van der Waals surface area (Å²) in [4.78, 5) is 17.0. The van der Waals surface area contributed by atoms with E-state index < -0.39 is 5.91 Å². The second-order valence-corrected chi connectivity index (χ2v) is 10.0. The van der Waals surface area contributed by atoms with Crippen LogP contribution in [0.1, 0.15) is 47.8 Å². The molecule has 0 unspecified atom stereocenters. The Labute approximate surface area is 230 Å². The monoisotopic (exact) mass is 534 g/mol. The lowest BCUT2D eigenvalue weighted by Crippen LogP contribution is -2.40. The van der Waals surface area contributed by atoms with Crippen LogP contribution in [0.2, 0.25) is 0 Å². The third-order valence-electron chi connectivity index (χ3n) is 7.08. The molecule has 3 aromatic rings. The van der Waals surface area contributed by atoms with E-state index >= 15 is 0 Å². The molecule has 8 heteroatoms. The Kier molecular flexibility index (Phi) is 10.2. The van der Waals surface area contributed by atoms with Crippen LogP contribution in [0.5, 0.6) is 17.2 Å². The molecule has 0 radical (unpaired) electrons. The van der Waals surface area contributed by atoms with Gasteiger partial charge in [-0.3, -0.25) is 4.79 Å². The molecule has 2 N–H and O–H groups in total. The highest BCUT2D eigenvalue weighted by molar-refractivity contribution is 5.95. The number of aryl methyl sites for hydroxylation is 1. The smallest absolute Gasteiger partial charge is 0.274 e. The highest BCUT2D eigenvalue weighted by Gasteiger charge is 2.31. The second-order valence-electron chi connectivity index (χ2n) is 10.0. The van der Waals surface area contributed by atoms with Crippen LogP contribution in [0, 0.1) is 12.8 Å². The van der Waals surface area contributed by atoms with Crippen LogP contribution < -0.4 is 14.8 Å². The van der Waals surface area contributed by atoms with E-state index in [-0.39, 0.29) is 54.8 Å². The van der Waals surface area contributed by atoms with E-state index in [1.807, 2.05) is 37.3 Å². The number of rotatable bonds is 7. The molecule has 0 spiro atoms. The fourth-order valence-electron chi connectivity index (χ4n) is 4.93. The van der Waals surface area contributed by atoms with Gasteiger partial charge in [0.1, 0.15) is 18.6 Å². The van der Waals surface area contributed by atoms with Crippen LogP contribution in [-0.4, -0.2) is 54.8 Å². The first-order valence-corrected chi connectivity index (χ1v) is 13.4. The lowest BCUT2D eigenvalue weighted by atomic mass is 9.86. The molecular weight excluding hydrogens is 496 g/mol. The molecule has 4 rings (SSSR count). The predicted octanol–water partition coefficient (Wildman–Crippen LogP) is 5.07. The molecule has 2 heterocycles. The van der Waals surface area contributed by atoms with Gasteiger partial charge >= 0.3 is 0 Å². The van der Waals surface area contributed by atoms with E-state index in [1.165, 1.54) is 30.5 Å². The fraction of sp³-hybridized carbons (Fsp3) is 0.419. The lowest BCUT2D eigenvalue weighted by molar-refractivity contribution is -0.123. The molecule has 208 valence electrons. The minimum Gasteiger partial charge on any atom is -0.503 e. The molecular formula is C31H38N2O6. The number of hydrogen-bond donors (Lipinski definition) is 2. The van der Waals surface area contributed by atoms with Gasteiger partial charge < -0.3 is 29.4 Å². The number of carbonyl (C=O) groups excluding carboxylic acids is 1. The van der Waals surface area contributed by atoms with Gasteiger partial charge in [-0.05, 0) is 50.8 Å². The van der Waals surface area contributed by atoms with Crippen LogP contribution in [0.3, 0.4) is 0 Å². The first kappa shape index (κ1) is 28.4. The lowest BCUT2D eigenvalue weighted by Gasteiger charge is -2.32. The van der Waals surface area contributed by atoms with Gasteiger partial charge in [-0.1, -0.05) is 54.4 Å². The fourth-order valence-corrected chi connectivity index (χ4v) is 4.93. The van der Waals surface area contributed by atoms with Crippen molar-refractivity contribution in [2.75, 3.05) is 20.5 Å². The first-order valence-electron chi connectivity index (χ1n) is 13.4. The van der Waals surface area contributed by atoms with Crippen molar-refractivity contribution < 1.29 is 28.8 Å². The van der Waals surface area contributed by atoms with Crippen molar-refractivity contribution >= 4 is 5.91 Å². The van der Waals surface area contributed by atoms with Crippen LogP contribution in [0.25, 0.3) is 0 Å². The zero-order valence-corrected chi connectivity index (χ0v) is 22.8. The zero-order valence-electron chi connectivity index (χ0n) is 22.8. The van der Waals surface area contributed by atoms with Gasteiger partial charge in [0.2, 0.25) is 0 Å². The van der Waals surface area contributed by atoms with Gasteiger partial charge in [-0.2, -0.15) is 0 Å². The van der Waals surface area contributed by atoms with Crippen molar-refractivity contribution in [1.82, 2.24) is 10.3 Å². The number of nitrogens with zero attached hydrogens (tertiary/aromatic N) is 1. The largest absolute Gasteiger partial charge is 0.503 e. The van der Waals surface area contributed by atoms with Gasteiger partial charge in [0.05, 0.1) is 25.9 Å². The molecule has 1 aliphatic heterocycles. The van der Waals surface area contributed by atoms with Crippen molar-refractivity contribution in [2.45, 2.75) is 57.8 Å². The molecule has 1 aliphatic rings. The van der Waals surface area contributed by atoms with Crippen molar-refractivity contribution in [3.8, 4) is 17.2 Å². The van der Waals surface area contributed by atoms with E-state index in [0.29, 0.717) is 6.42 Å². The van der Waals surface area contributed by atoms with Crippen LogP contribution in [-0.2, 0) is 15.9 Å². The Balaban J connectivity index is 1.51. The summed E-state index contributed by atoms with van der Waals surface area (Å²) in [6.07, 6.45) is 4.25. The van der Waals surface area contributed by atoms with Crippen molar-refractivity contribution in [1.29, 1.82) is 0 Å². The van der Waals surface area contributed by atoms with Gasteiger partial charge in [-0.25, -0.2) is 4.98 Å². The van der Waals surface area contributed by atoms with E-state index in [4.69, 9.17) is 18.9 Å². The van der Waals surface area contributed by atoms with E-state index in [2.05, 4.69) is 41.5 Å². The number of hydrogen-bond acceptors (Lipinski definition) is 7. The second kappa shape index (κ2) is 14.0.